The molecule has 0 N–H and O–H groups in total. The van der Waals surface area contributed by atoms with Crippen LogP contribution in [-0.4, -0.2) is 23.6 Å². The Morgan fingerprint density at radius 2 is 1.00 bits per heavy atom. The first-order valence-electron chi connectivity index (χ1n) is 11.9. The lowest BCUT2D eigenvalue weighted by Crippen LogP contribution is -2.43. The lowest BCUT2D eigenvalue weighted by atomic mass is 10.0. The molecule has 0 saturated heterocycles. The minimum atomic E-state index is -0.647. The lowest BCUT2D eigenvalue weighted by molar-refractivity contribution is -0.130. The lowest BCUT2D eigenvalue weighted by Gasteiger charge is -2.33. The van der Waals surface area contributed by atoms with Gasteiger partial charge in [0.1, 0.15) is 34.7 Å². The van der Waals surface area contributed by atoms with Crippen LogP contribution in [0.25, 0.3) is 11.1 Å². The van der Waals surface area contributed by atoms with Gasteiger partial charge in [0, 0.05) is 11.1 Å². The van der Waals surface area contributed by atoms with E-state index in [9.17, 15) is 9.59 Å². The maximum absolute atomic E-state index is 11.7. The molecule has 0 bridgehead atoms. The van der Waals surface area contributed by atoms with Crippen LogP contribution in [0.5, 0.6) is 23.0 Å². The molecule has 6 nitrogen and oxygen atoms in total. The third-order valence-corrected chi connectivity index (χ3v) is 5.66. The highest BCUT2D eigenvalue weighted by molar-refractivity contribution is 5.89. The van der Waals surface area contributed by atoms with Crippen LogP contribution in [0.3, 0.4) is 0 Å². The molecule has 0 saturated carbocycles. The highest BCUT2D eigenvalue weighted by atomic mass is 16.6. The van der Waals surface area contributed by atoms with Gasteiger partial charge in [-0.3, -0.25) is 0 Å². The van der Waals surface area contributed by atoms with E-state index in [2.05, 4.69) is 13.2 Å². The van der Waals surface area contributed by atoms with Crippen LogP contribution in [0.1, 0.15) is 34.6 Å². The topological polar surface area (TPSA) is 71.1 Å². The van der Waals surface area contributed by atoms with E-state index in [0.29, 0.717) is 34.1 Å². The molecule has 1 atom stereocenters. The van der Waals surface area contributed by atoms with Gasteiger partial charge in [0.05, 0.1) is 0 Å². The van der Waals surface area contributed by atoms with Gasteiger partial charge in [0.25, 0.3) is 0 Å². The number of rotatable bonds is 10. The number of esters is 2. The van der Waals surface area contributed by atoms with Crippen LogP contribution in [-0.2, 0) is 9.59 Å². The summed E-state index contributed by atoms with van der Waals surface area (Å²) >= 11 is 0. The predicted octanol–water partition coefficient (Wildman–Crippen LogP) is 6.94. The van der Waals surface area contributed by atoms with Gasteiger partial charge in [-0.1, -0.05) is 37.4 Å². The number of carbonyl (C=O) groups excluding carboxylic acids is 2. The van der Waals surface area contributed by atoms with Crippen molar-refractivity contribution < 1.29 is 28.5 Å². The van der Waals surface area contributed by atoms with Gasteiger partial charge in [0.15, 0.2) is 0 Å². The van der Waals surface area contributed by atoms with Crippen molar-refractivity contribution in [2.24, 2.45) is 0 Å². The second-order valence-electron chi connectivity index (χ2n) is 9.33. The summed E-state index contributed by atoms with van der Waals surface area (Å²) in [6.07, 6.45) is -0.276. The Morgan fingerprint density at radius 3 is 1.41 bits per heavy atom. The van der Waals surface area contributed by atoms with Crippen molar-refractivity contribution in [1.29, 1.82) is 0 Å². The third kappa shape index (κ3) is 7.58. The fourth-order valence-electron chi connectivity index (χ4n) is 3.14. The Balaban J connectivity index is 1.59. The van der Waals surface area contributed by atoms with Crippen molar-refractivity contribution in [2.75, 3.05) is 0 Å². The number of hydrogen-bond donors (Lipinski definition) is 0. The molecule has 0 aliphatic carbocycles. The van der Waals surface area contributed by atoms with Crippen molar-refractivity contribution >= 4 is 11.9 Å². The van der Waals surface area contributed by atoms with Gasteiger partial charge in [-0.15, -0.1) is 0 Å². The summed E-state index contributed by atoms with van der Waals surface area (Å²) < 4.78 is 22.8. The molecule has 6 heteroatoms. The average Bonchev–Trinajstić information content (AvgIpc) is 2.86. The highest BCUT2D eigenvalue weighted by Gasteiger charge is 2.30. The molecule has 3 rings (SSSR count). The smallest absolute Gasteiger partial charge is 0.338 e. The van der Waals surface area contributed by atoms with Crippen LogP contribution in [0.4, 0.5) is 0 Å². The molecule has 3 aromatic rings. The normalized spacial score (nSPS) is 11.7. The zero-order valence-electron chi connectivity index (χ0n) is 21.9. The molecule has 3 aromatic carbocycles. The summed E-state index contributed by atoms with van der Waals surface area (Å²) in [5, 5.41) is 0. The van der Waals surface area contributed by atoms with Crippen LogP contribution in [0, 0.1) is 0 Å². The van der Waals surface area contributed by atoms with Crippen molar-refractivity contribution in [3.05, 3.63) is 97.1 Å². The van der Waals surface area contributed by atoms with E-state index >= 15 is 0 Å². The first-order chi connectivity index (χ1) is 17.4. The van der Waals surface area contributed by atoms with E-state index in [4.69, 9.17) is 18.9 Å². The van der Waals surface area contributed by atoms with Gasteiger partial charge < -0.3 is 18.9 Å². The van der Waals surface area contributed by atoms with Crippen LogP contribution < -0.4 is 18.9 Å². The largest absolute Gasteiger partial charge is 0.487 e. The van der Waals surface area contributed by atoms with E-state index in [1.54, 1.807) is 50.2 Å². The van der Waals surface area contributed by atoms with Gasteiger partial charge in [-0.2, -0.15) is 0 Å². The first-order valence-corrected chi connectivity index (χ1v) is 11.9. The predicted molar refractivity (Wildman–Crippen MR) is 144 cm³/mol. The molecule has 0 heterocycles. The molecule has 0 aliphatic rings. The number of benzene rings is 3. The van der Waals surface area contributed by atoms with Gasteiger partial charge in [0.2, 0.25) is 0 Å². The fourth-order valence-corrected chi connectivity index (χ4v) is 3.14. The molecule has 37 heavy (non-hydrogen) atoms. The average molecular weight is 501 g/mol. The van der Waals surface area contributed by atoms with Crippen molar-refractivity contribution in [3.63, 3.8) is 0 Å². The van der Waals surface area contributed by atoms with E-state index in [1.807, 2.05) is 57.2 Å². The van der Waals surface area contributed by atoms with E-state index in [-0.39, 0.29) is 6.10 Å². The summed E-state index contributed by atoms with van der Waals surface area (Å²) in [4.78, 5) is 23.3. The number of ether oxygens (including phenoxy) is 4. The summed E-state index contributed by atoms with van der Waals surface area (Å²) in [6.45, 7) is 16.2. The van der Waals surface area contributed by atoms with Crippen LogP contribution in [0.15, 0.2) is 97.1 Å². The van der Waals surface area contributed by atoms with E-state index in [1.165, 1.54) is 0 Å². The Kier molecular flexibility index (Phi) is 8.56. The molecule has 0 aliphatic heterocycles. The standard InChI is InChI=1S/C31H32O6/c1-20(2)29(32)35-26-14-10-24(11-15-26)23-8-12-25(13-9-23)34-22(5)31(6,7)37-28-18-16-27(17-19-28)36-30(33)21(3)4/h8-19,22H,1,3H2,2,4-7H3. The quantitative estimate of drug-likeness (QED) is 0.171. The molecule has 0 spiro atoms. The summed E-state index contributed by atoms with van der Waals surface area (Å²) in [5.41, 5.74) is 2.02. The zero-order chi connectivity index (χ0) is 27.2. The van der Waals surface area contributed by atoms with Crippen LogP contribution in [0.2, 0.25) is 0 Å². The van der Waals surface area contributed by atoms with Crippen molar-refractivity contribution in [3.8, 4) is 34.1 Å². The Bertz CT molecular complexity index is 1270. The molecule has 0 aromatic heterocycles. The number of carbonyl (C=O) groups is 2. The molecule has 0 radical (unpaired) electrons. The highest BCUT2D eigenvalue weighted by Crippen LogP contribution is 2.29. The van der Waals surface area contributed by atoms with Gasteiger partial charge in [-0.25, -0.2) is 9.59 Å². The second-order valence-corrected chi connectivity index (χ2v) is 9.33. The zero-order valence-corrected chi connectivity index (χ0v) is 21.9. The molecule has 192 valence electrons. The minimum Gasteiger partial charge on any atom is -0.487 e. The molecule has 0 amide bonds. The first kappa shape index (κ1) is 27.3. The van der Waals surface area contributed by atoms with E-state index in [0.717, 1.165) is 11.1 Å². The third-order valence-electron chi connectivity index (χ3n) is 5.66. The van der Waals surface area contributed by atoms with Crippen LogP contribution >= 0.6 is 0 Å². The molecular formula is C31H32O6. The summed E-state index contributed by atoms with van der Waals surface area (Å²) in [6, 6.07) is 21.9. The maximum atomic E-state index is 11.7. The SMILES string of the molecule is C=C(C)C(=O)Oc1ccc(OC(C)(C)C(C)Oc2ccc(-c3ccc(OC(=O)C(=C)C)cc3)cc2)cc1. The number of hydrogen-bond acceptors (Lipinski definition) is 6. The van der Waals surface area contributed by atoms with Gasteiger partial charge in [-0.05, 0) is 94.3 Å². The summed E-state index contributed by atoms with van der Waals surface area (Å²) in [7, 11) is 0. The second kappa shape index (κ2) is 11.6. The monoisotopic (exact) mass is 500 g/mol. The van der Waals surface area contributed by atoms with Crippen molar-refractivity contribution in [2.45, 2.75) is 46.3 Å². The summed E-state index contributed by atoms with van der Waals surface area (Å²) in [5.74, 6) is 1.31. The Morgan fingerprint density at radius 1 is 0.649 bits per heavy atom. The molecule has 0 fully saturated rings. The minimum absolute atomic E-state index is 0.276. The van der Waals surface area contributed by atoms with E-state index < -0.39 is 17.5 Å². The van der Waals surface area contributed by atoms with Crippen molar-refractivity contribution in [1.82, 2.24) is 0 Å². The Hall–Kier alpha value is -4.32. The molecular weight excluding hydrogens is 468 g/mol. The van der Waals surface area contributed by atoms with Gasteiger partial charge >= 0.3 is 11.9 Å². The fraction of sp³-hybridized carbons (Fsp3) is 0.226. The maximum Gasteiger partial charge on any atom is 0.338 e. The molecule has 1 unspecified atom stereocenters. The Labute approximate surface area is 218 Å².